The third-order valence-electron chi connectivity index (χ3n) is 5.18. The summed E-state index contributed by atoms with van der Waals surface area (Å²) >= 11 is 1.84. The van der Waals surface area contributed by atoms with Crippen molar-refractivity contribution in [3.05, 3.63) is 15.6 Å². The van der Waals surface area contributed by atoms with E-state index in [9.17, 15) is 0 Å². The minimum Gasteiger partial charge on any atom is -0.317 e. The highest BCUT2D eigenvalue weighted by Crippen LogP contribution is 2.39. The van der Waals surface area contributed by atoms with Gasteiger partial charge >= 0.3 is 0 Å². The molecule has 3 rings (SSSR count). The van der Waals surface area contributed by atoms with Crippen LogP contribution in [-0.2, 0) is 6.54 Å². The average Bonchev–Trinajstić information content (AvgIpc) is 2.63. The summed E-state index contributed by atoms with van der Waals surface area (Å²) in [5.74, 6) is 0. The van der Waals surface area contributed by atoms with Crippen molar-refractivity contribution in [1.82, 2.24) is 15.2 Å². The highest BCUT2D eigenvalue weighted by molar-refractivity contribution is 7.11. The molecule has 0 unspecified atom stereocenters. The molecule has 2 aliphatic rings. The Morgan fingerprint density at radius 3 is 2.45 bits per heavy atom. The predicted octanol–water partition coefficient (Wildman–Crippen LogP) is 3.96. The summed E-state index contributed by atoms with van der Waals surface area (Å²) in [4.78, 5) is 8.75. The fourth-order valence-electron chi connectivity index (χ4n) is 3.86. The second kappa shape index (κ2) is 8.84. The van der Waals surface area contributed by atoms with E-state index >= 15 is 0 Å². The molecule has 2 aliphatic heterocycles. The van der Waals surface area contributed by atoms with Gasteiger partial charge in [0.05, 0.1) is 10.7 Å². The summed E-state index contributed by atoms with van der Waals surface area (Å²) in [6.07, 6.45) is 6.95. The Balaban J connectivity index is 0.00000121. The van der Waals surface area contributed by atoms with E-state index in [1.807, 2.05) is 11.3 Å². The van der Waals surface area contributed by atoms with Crippen LogP contribution in [-0.4, -0.2) is 36.1 Å². The smallest absolute Gasteiger partial charge is 0.0900 e. The molecule has 0 saturated carbocycles. The number of hydrogen-bond donors (Lipinski definition) is 1. The molecule has 2 fully saturated rings. The van der Waals surface area contributed by atoms with Gasteiger partial charge in [-0.05, 0) is 77.5 Å². The van der Waals surface area contributed by atoms with Crippen molar-refractivity contribution in [2.45, 2.75) is 52.5 Å². The highest BCUT2D eigenvalue weighted by Gasteiger charge is 2.33. The zero-order valence-electron chi connectivity index (χ0n) is 13.7. The molecule has 0 atom stereocenters. The van der Waals surface area contributed by atoms with Gasteiger partial charge in [-0.3, -0.25) is 4.90 Å². The zero-order chi connectivity index (χ0) is 14.0. The molecule has 3 heterocycles. The molecule has 6 heteroatoms. The van der Waals surface area contributed by atoms with Crippen LogP contribution in [0, 0.1) is 19.3 Å². The number of piperidine rings is 1. The van der Waals surface area contributed by atoms with Gasteiger partial charge in [0, 0.05) is 11.4 Å². The minimum absolute atomic E-state index is 0. The fraction of sp³-hybridized carbons (Fsp3) is 0.812. The summed E-state index contributed by atoms with van der Waals surface area (Å²) in [5.41, 5.74) is 1.96. The van der Waals surface area contributed by atoms with Crippen LogP contribution in [0.3, 0.4) is 0 Å². The highest BCUT2D eigenvalue weighted by atomic mass is 35.5. The van der Waals surface area contributed by atoms with Crippen LogP contribution in [0.5, 0.6) is 0 Å². The predicted molar refractivity (Wildman–Crippen MR) is 99.7 cm³/mol. The number of nitrogens with one attached hydrogen (secondary N) is 1. The number of aromatic nitrogens is 1. The van der Waals surface area contributed by atoms with Crippen molar-refractivity contribution >= 4 is 36.2 Å². The van der Waals surface area contributed by atoms with E-state index in [4.69, 9.17) is 4.98 Å². The van der Waals surface area contributed by atoms with Crippen LogP contribution in [0.15, 0.2) is 0 Å². The molecule has 22 heavy (non-hydrogen) atoms. The Hall–Kier alpha value is 0.130. The monoisotopic (exact) mass is 365 g/mol. The normalized spacial score (nSPS) is 21.7. The first-order valence-corrected chi connectivity index (χ1v) is 8.85. The summed E-state index contributed by atoms with van der Waals surface area (Å²) in [6, 6.07) is 0. The number of halogens is 2. The van der Waals surface area contributed by atoms with Crippen LogP contribution >= 0.6 is 36.2 Å². The standard InChI is InChI=1S/C16H27N3S.2ClH/c1-13-15(18-14(2)20-13)12-19-10-3-4-16(7-11-19)5-8-17-9-6-16;;/h17H,3-12H2,1-2H3;2*1H. The summed E-state index contributed by atoms with van der Waals surface area (Å²) < 4.78 is 0. The zero-order valence-corrected chi connectivity index (χ0v) is 16.1. The van der Waals surface area contributed by atoms with Gasteiger partial charge in [-0.25, -0.2) is 4.98 Å². The van der Waals surface area contributed by atoms with Crippen molar-refractivity contribution in [2.24, 2.45) is 5.41 Å². The minimum atomic E-state index is 0. The Labute approximate surface area is 151 Å². The lowest BCUT2D eigenvalue weighted by Crippen LogP contribution is -2.37. The van der Waals surface area contributed by atoms with Gasteiger partial charge < -0.3 is 5.32 Å². The van der Waals surface area contributed by atoms with Gasteiger partial charge in [0.15, 0.2) is 0 Å². The molecule has 0 aliphatic carbocycles. The van der Waals surface area contributed by atoms with Crippen LogP contribution in [0.25, 0.3) is 0 Å². The van der Waals surface area contributed by atoms with Crippen molar-refractivity contribution in [2.75, 3.05) is 26.2 Å². The fourth-order valence-corrected chi connectivity index (χ4v) is 4.68. The molecule has 3 nitrogen and oxygen atoms in total. The van der Waals surface area contributed by atoms with Crippen LogP contribution < -0.4 is 5.32 Å². The van der Waals surface area contributed by atoms with E-state index in [0.717, 1.165) is 6.54 Å². The van der Waals surface area contributed by atoms with Crippen molar-refractivity contribution < 1.29 is 0 Å². The molecule has 128 valence electrons. The average molecular weight is 366 g/mol. The maximum absolute atomic E-state index is 4.71. The summed E-state index contributed by atoms with van der Waals surface area (Å²) in [5, 5.41) is 4.73. The van der Waals surface area contributed by atoms with Crippen molar-refractivity contribution in [1.29, 1.82) is 0 Å². The number of likely N-dealkylation sites (tertiary alicyclic amines) is 1. The van der Waals surface area contributed by atoms with Gasteiger partial charge in [0.25, 0.3) is 0 Å². The SMILES string of the molecule is Cc1nc(CN2CCCC3(CCNCC3)CC2)c(C)s1.Cl.Cl. The molecule has 2 saturated heterocycles. The molecule has 1 spiro atoms. The molecule has 0 radical (unpaired) electrons. The largest absolute Gasteiger partial charge is 0.317 e. The van der Waals surface area contributed by atoms with E-state index in [0.29, 0.717) is 5.41 Å². The summed E-state index contributed by atoms with van der Waals surface area (Å²) in [6.45, 7) is 10.4. The second-order valence-corrected chi connectivity index (χ2v) is 8.02. The molecule has 1 aromatic rings. The lowest BCUT2D eigenvalue weighted by Gasteiger charge is -2.37. The number of nitrogens with zero attached hydrogens (tertiary/aromatic N) is 2. The number of thiazole rings is 1. The van der Waals surface area contributed by atoms with E-state index in [-0.39, 0.29) is 24.8 Å². The van der Waals surface area contributed by atoms with E-state index in [2.05, 4.69) is 24.1 Å². The molecule has 1 N–H and O–H groups in total. The van der Waals surface area contributed by atoms with E-state index in [1.165, 1.54) is 73.9 Å². The molecule has 0 aromatic carbocycles. The first kappa shape index (κ1) is 20.2. The third-order valence-corrected chi connectivity index (χ3v) is 6.11. The lowest BCUT2D eigenvalue weighted by atomic mass is 9.73. The lowest BCUT2D eigenvalue weighted by molar-refractivity contribution is 0.167. The Morgan fingerprint density at radius 1 is 1.09 bits per heavy atom. The van der Waals surface area contributed by atoms with Crippen LogP contribution in [0.4, 0.5) is 0 Å². The molecule has 1 aromatic heterocycles. The maximum atomic E-state index is 4.71. The number of rotatable bonds is 2. The van der Waals surface area contributed by atoms with Gasteiger partial charge in [0.1, 0.15) is 0 Å². The second-order valence-electron chi connectivity index (χ2n) is 6.62. The van der Waals surface area contributed by atoms with Crippen LogP contribution in [0.1, 0.15) is 47.7 Å². The summed E-state index contributed by atoms with van der Waals surface area (Å²) in [7, 11) is 0. The molecular weight excluding hydrogens is 337 g/mol. The number of hydrogen-bond acceptors (Lipinski definition) is 4. The van der Waals surface area contributed by atoms with Gasteiger partial charge in [-0.15, -0.1) is 36.2 Å². The van der Waals surface area contributed by atoms with Crippen LogP contribution in [0.2, 0.25) is 0 Å². The first-order chi connectivity index (χ1) is 9.67. The molecular formula is C16H29Cl2N3S. The van der Waals surface area contributed by atoms with E-state index in [1.54, 1.807) is 0 Å². The third kappa shape index (κ3) is 4.81. The topological polar surface area (TPSA) is 28.2 Å². The Bertz CT molecular complexity index is 458. The van der Waals surface area contributed by atoms with E-state index < -0.39 is 0 Å². The Kier molecular flexibility index (Phi) is 8.10. The van der Waals surface area contributed by atoms with Crippen molar-refractivity contribution in [3.63, 3.8) is 0 Å². The van der Waals surface area contributed by atoms with Gasteiger partial charge in [0.2, 0.25) is 0 Å². The van der Waals surface area contributed by atoms with Crippen molar-refractivity contribution in [3.8, 4) is 0 Å². The van der Waals surface area contributed by atoms with Gasteiger partial charge in [-0.2, -0.15) is 0 Å². The maximum Gasteiger partial charge on any atom is 0.0900 e. The quantitative estimate of drug-likeness (QED) is 0.859. The molecule has 0 amide bonds. The first-order valence-electron chi connectivity index (χ1n) is 8.03. The molecule has 0 bridgehead atoms. The van der Waals surface area contributed by atoms with Gasteiger partial charge in [-0.1, -0.05) is 0 Å². The Morgan fingerprint density at radius 2 is 1.82 bits per heavy atom. The number of aryl methyl sites for hydroxylation is 2.